The normalized spacial score (nSPS) is 12.4. The van der Waals surface area contributed by atoms with Crippen LogP contribution in [0.25, 0.3) is 0 Å². The summed E-state index contributed by atoms with van der Waals surface area (Å²) in [5.74, 6) is -1.05. The van der Waals surface area contributed by atoms with Crippen molar-refractivity contribution in [1.82, 2.24) is 0 Å². The van der Waals surface area contributed by atoms with Crippen LogP contribution >= 0.6 is 43.5 Å². The first-order chi connectivity index (χ1) is 7.19. The molecule has 88 valence electrons. The Hall–Kier alpha value is -0.110. The molecule has 8 heteroatoms. The molecule has 0 unspecified atom stereocenters. The molecule has 0 saturated heterocycles. The van der Waals surface area contributed by atoms with Gasteiger partial charge >= 0.3 is 0 Å². The number of hydrogen-bond acceptors (Lipinski definition) is 3. The fourth-order valence-corrected chi connectivity index (χ4v) is 3.20. The Morgan fingerprint density at radius 1 is 1.25 bits per heavy atom. The van der Waals surface area contributed by atoms with E-state index < -0.39 is 18.3 Å². The predicted octanol–water partition coefficient (Wildman–Crippen LogP) is 2.04. The van der Waals surface area contributed by atoms with Gasteiger partial charge in [-0.15, -0.1) is 0 Å². The number of amides is 1. The fraction of sp³-hybridized carbons (Fsp3) is 0.125. The van der Waals surface area contributed by atoms with Crippen molar-refractivity contribution in [3.8, 4) is 0 Å². The van der Waals surface area contributed by atoms with Crippen LogP contribution in [0.5, 0.6) is 0 Å². The maximum absolute atomic E-state index is 12.0. The molecule has 1 rings (SSSR count). The summed E-state index contributed by atoms with van der Waals surface area (Å²) in [4.78, 5) is 11.0. The second-order valence-electron chi connectivity index (χ2n) is 2.84. The summed E-state index contributed by atoms with van der Waals surface area (Å²) < 4.78 is 21.9. The van der Waals surface area contributed by atoms with Gasteiger partial charge in [0.25, 0.3) is 8.47 Å². The average molecular weight is 391 g/mol. The average Bonchev–Trinajstić information content (AvgIpc) is 2.17. The highest BCUT2D eigenvalue weighted by Crippen LogP contribution is 2.37. The lowest BCUT2D eigenvalue weighted by Crippen LogP contribution is -2.39. The molecular weight excluding hydrogens is 385 g/mol. The summed E-state index contributed by atoms with van der Waals surface area (Å²) in [6.07, 6.45) is 0. The molecule has 0 bridgehead atoms. The van der Waals surface area contributed by atoms with Crippen LogP contribution in [0.4, 0.5) is 0 Å². The number of carbonyl (C=O) groups excluding carboxylic acids is 1. The summed E-state index contributed by atoms with van der Waals surface area (Å²) in [6, 6.07) is 5.40. The number of carbonyl (C=O) groups is 1. The molecule has 0 aliphatic carbocycles. The lowest BCUT2D eigenvalue weighted by molar-refractivity contribution is -0.116. The van der Waals surface area contributed by atoms with E-state index in [1.807, 2.05) is 0 Å². The Morgan fingerprint density at radius 2 is 1.69 bits per heavy atom. The molecule has 0 heterocycles. The Kier molecular flexibility index (Phi) is 4.04. The highest BCUT2D eigenvalue weighted by molar-refractivity contribution is 9.28. The first-order valence-corrected chi connectivity index (χ1v) is 7.32. The molecule has 0 saturated carbocycles. The van der Waals surface area contributed by atoms with E-state index in [2.05, 4.69) is 31.9 Å². The zero-order chi connectivity index (χ0) is 12.6. The van der Waals surface area contributed by atoms with E-state index >= 15 is 0 Å². The molecule has 0 fully saturated rings. The minimum Gasteiger partial charge on any atom is -0.367 e. The van der Waals surface area contributed by atoms with E-state index in [1.54, 1.807) is 0 Å². The van der Waals surface area contributed by atoms with Crippen molar-refractivity contribution in [2.75, 3.05) is 0 Å². The maximum atomic E-state index is 12.0. The van der Waals surface area contributed by atoms with E-state index in [9.17, 15) is 13.2 Å². The second-order valence-corrected chi connectivity index (χ2v) is 9.86. The van der Waals surface area contributed by atoms with Crippen LogP contribution < -0.4 is 5.73 Å². The quantitative estimate of drug-likeness (QED) is 0.801. The molecule has 0 spiro atoms. The first kappa shape index (κ1) is 14.0. The summed E-state index contributed by atoms with van der Waals surface area (Å²) in [6.45, 7) is 0. The van der Waals surface area contributed by atoms with Crippen molar-refractivity contribution in [2.45, 2.75) is 7.46 Å². The number of rotatable bonds is 3. The third-order valence-electron chi connectivity index (χ3n) is 1.75. The zero-order valence-corrected chi connectivity index (χ0v) is 12.4. The Morgan fingerprint density at radius 3 is 2.06 bits per heavy atom. The first-order valence-electron chi connectivity index (χ1n) is 3.87. The molecule has 0 aliphatic rings. The van der Waals surface area contributed by atoms with Gasteiger partial charge in [0.2, 0.25) is 9.84 Å². The summed E-state index contributed by atoms with van der Waals surface area (Å²) in [7, 11) is -3.95. The monoisotopic (exact) mass is 389 g/mol. The molecular formula is C8H6Br2ClNO3S. The Bertz CT molecular complexity index is 513. The van der Waals surface area contributed by atoms with Crippen molar-refractivity contribution in [2.24, 2.45) is 5.73 Å². The van der Waals surface area contributed by atoms with Gasteiger partial charge in [-0.25, -0.2) is 8.42 Å². The zero-order valence-electron chi connectivity index (χ0n) is 7.65. The van der Waals surface area contributed by atoms with Crippen LogP contribution in [0.15, 0.2) is 29.2 Å². The SMILES string of the molecule is NC(=O)C(Br)(Br)S(=O)(=O)c1ccc(Cl)cc1. The molecule has 0 radical (unpaired) electrons. The van der Waals surface area contributed by atoms with Gasteiger partial charge in [-0.2, -0.15) is 0 Å². The molecule has 0 aliphatic heterocycles. The number of hydrogen-bond donors (Lipinski definition) is 1. The van der Waals surface area contributed by atoms with E-state index in [1.165, 1.54) is 24.3 Å². The standard InChI is InChI=1S/C8H6Br2ClNO3S/c9-8(10,7(12)13)16(14,15)6-3-1-5(11)2-4-6/h1-4H,(H2,12,13). The van der Waals surface area contributed by atoms with Crippen LogP contribution in [0.1, 0.15) is 0 Å². The molecule has 2 N–H and O–H groups in total. The second kappa shape index (κ2) is 4.64. The Labute approximate surface area is 114 Å². The molecule has 0 aromatic heterocycles. The van der Waals surface area contributed by atoms with Gasteiger partial charge in [-0.3, -0.25) is 4.79 Å². The third kappa shape index (κ3) is 2.42. The van der Waals surface area contributed by atoms with Crippen molar-refractivity contribution in [1.29, 1.82) is 0 Å². The molecule has 1 aromatic carbocycles. The number of alkyl halides is 2. The number of nitrogens with two attached hydrogens (primary N) is 1. The van der Waals surface area contributed by atoms with Crippen molar-refractivity contribution in [3.05, 3.63) is 29.3 Å². The molecule has 4 nitrogen and oxygen atoms in total. The largest absolute Gasteiger partial charge is 0.367 e. The van der Waals surface area contributed by atoms with Crippen molar-refractivity contribution >= 4 is 59.2 Å². The van der Waals surface area contributed by atoms with Crippen molar-refractivity contribution in [3.63, 3.8) is 0 Å². The topological polar surface area (TPSA) is 77.2 Å². The van der Waals surface area contributed by atoms with Crippen LogP contribution in [-0.2, 0) is 14.6 Å². The minimum absolute atomic E-state index is 0.0653. The maximum Gasteiger partial charge on any atom is 0.262 e. The minimum atomic E-state index is -3.95. The summed E-state index contributed by atoms with van der Waals surface area (Å²) in [5, 5.41) is 0.396. The molecule has 16 heavy (non-hydrogen) atoms. The van der Waals surface area contributed by atoms with Gasteiger partial charge < -0.3 is 5.73 Å². The van der Waals surface area contributed by atoms with Crippen LogP contribution in [0.2, 0.25) is 5.02 Å². The molecule has 1 aromatic rings. The number of primary amides is 1. The van der Waals surface area contributed by atoms with E-state index in [0.717, 1.165) is 0 Å². The molecule has 0 atom stereocenters. The van der Waals surface area contributed by atoms with Crippen molar-refractivity contribution < 1.29 is 13.2 Å². The number of benzene rings is 1. The summed E-state index contributed by atoms with van der Waals surface area (Å²) >= 11 is 11.1. The summed E-state index contributed by atoms with van der Waals surface area (Å²) in [5.41, 5.74) is 4.99. The third-order valence-corrected chi connectivity index (χ3v) is 7.11. The lowest BCUT2D eigenvalue weighted by Gasteiger charge is -2.16. The predicted molar refractivity (Wildman–Crippen MR) is 68.4 cm³/mol. The van der Waals surface area contributed by atoms with Gasteiger partial charge in [0.05, 0.1) is 4.90 Å². The van der Waals surface area contributed by atoms with Gasteiger partial charge in [0.1, 0.15) is 0 Å². The highest BCUT2D eigenvalue weighted by atomic mass is 79.9. The van der Waals surface area contributed by atoms with E-state index in [0.29, 0.717) is 5.02 Å². The van der Waals surface area contributed by atoms with Crippen LogP contribution in [0.3, 0.4) is 0 Å². The van der Waals surface area contributed by atoms with Crippen LogP contribution in [-0.4, -0.2) is 16.9 Å². The lowest BCUT2D eigenvalue weighted by atomic mass is 10.4. The number of halogens is 3. The Balaban J connectivity index is 3.33. The van der Waals surface area contributed by atoms with Gasteiger partial charge in [-0.1, -0.05) is 11.6 Å². The van der Waals surface area contributed by atoms with Gasteiger partial charge in [0.15, 0.2) is 0 Å². The fourth-order valence-electron chi connectivity index (χ4n) is 0.894. The highest BCUT2D eigenvalue weighted by Gasteiger charge is 2.45. The number of sulfone groups is 1. The van der Waals surface area contributed by atoms with Gasteiger partial charge in [0, 0.05) is 5.02 Å². The molecule has 1 amide bonds. The van der Waals surface area contributed by atoms with E-state index in [4.69, 9.17) is 17.3 Å². The van der Waals surface area contributed by atoms with E-state index in [-0.39, 0.29) is 4.90 Å². The van der Waals surface area contributed by atoms with Gasteiger partial charge in [-0.05, 0) is 56.1 Å². The van der Waals surface area contributed by atoms with Crippen LogP contribution in [0, 0.1) is 0 Å². The smallest absolute Gasteiger partial charge is 0.262 e.